The van der Waals surface area contributed by atoms with Crippen LogP contribution in [-0.2, 0) is 17.8 Å². The molecule has 0 aliphatic heterocycles. The summed E-state index contributed by atoms with van der Waals surface area (Å²) in [5, 5.41) is 16.2. The molecule has 9 heteroatoms. The second kappa shape index (κ2) is 8.48. The van der Waals surface area contributed by atoms with E-state index in [1.807, 2.05) is 24.4 Å². The molecular weight excluding hydrogens is 358 g/mol. The topological polar surface area (TPSA) is 88.9 Å². The Hall–Kier alpha value is -1.87. The third-order valence-corrected chi connectivity index (χ3v) is 5.73. The fourth-order valence-electron chi connectivity index (χ4n) is 2.44. The maximum atomic E-state index is 11.9. The van der Waals surface area contributed by atoms with Crippen LogP contribution in [0.5, 0.6) is 0 Å². The molecule has 25 heavy (non-hydrogen) atoms. The number of thioether (sulfide) groups is 1. The van der Waals surface area contributed by atoms with Gasteiger partial charge in [-0.3, -0.25) is 10.1 Å². The van der Waals surface area contributed by atoms with Gasteiger partial charge in [0.15, 0.2) is 5.16 Å². The minimum absolute atomic E-state index is 0.140. The van der Waals surface area contributed by atoms with E-state index in [1.165, 1.54) is 16.6 Å². The Balaban J connectivity index is 1.39. The molecule has 7 nitrogen and oxygen atoms in total. The van der Waals surface area contributed by atoms with Gasteiger partial charge in [-0.1, -0.05) is 17.8 Å². The average Bonchev–Trinajstić information content (AvgIpc) is 3.15. The van der Waals surface area contributed by atoms with Crippen molar-refractivity contribution in [3.63, 3.8) is 0 Å². The predicted octanol–water partition coefficient (Wildman–Crippen LogP) is 2.40. The summed E-state index contributed by atoms with van der Waals surface area (Å²) < 4.78 is 2.05. The molecule has 0 aromatic carbocycles. The molecule has 3 rings (SSSR count). The summed E-state index contributed by atoms with van der Waals surface area (Å²) in [7, 11) is 0. The molecule has 1 fully saturated rings. The van der Waals surface area contributed by atoms with Gasteiger partial charge in [0.2, 0.25) is 5.91 Å². The lowest BCUT2D eigenvalue weighted by molar-refractivity contribution is -0.117. The minimum atomic E-state index is -0.460. The Morgan fingerprint density at radius 3 is 2.92 bits per heavy atom. The summed E-state index contributed by atoms with van der Waals surface area (Å²) in [4.78, 5) is 24.9. The van der Waals surface area contributed by atoms with Crippen LogP contribution in [0.2, 0.25) is 0 Å². The number of rotatable bonds is 8. The van der Waals surface area contributed by atoms with Crippen LogP contribution in [-0.4, -0.2) is 39.0 Å². The van der Waals surface area contributed by atoms with Gasteiger partial charge in [-0.15, -0.1) is 21.5 Å². The van der Waals surface area contributed by atoms with Crippen LogP contribution in [0.15, 0.2) is 22.7 Å². The molecule has 134 valence electrons. The Morgan fingerprint density at radius 1 is 1.40 bits per heavy atom. The molecule has 1 saturated carbocycles. The summed E-state index contributed by atoms with van der Waals surface area (Å²) in [5.74, 6) is 1.33. The molecule has 2 aromatic heterocycles. The number of thiophene rings is 1. The zero-order valence-corrected chi connectivity index (χ0v) is 15.7. The highest BCUT2D eigenvalue weighted by Gasteiger charge is 2.30. The SMILES string of the molecule is CCn1c(SCC(=O)NC(=O)NCCc2cccs2)nnc1C1CC1. The fraction of sp³-hybridized carbons (Fsp3) is 0.500. The van der Waals surface area contributed by atoms with Crippen LogP contribution in [0.3, 0.4) is 0 Å². The standard InChI is InChI=1S/C16H21N5O2S2/c1-2-21-14(11-5-6-11)19-20-16(21)25-10-13(22)18-15(23)17-8-7-12-4-3-9-24-12/h3-4,9,11H,2,5-8,10H2,1H3,(H2,17,18,22,23). The van der Waals surface area contributed by atoms with E-state index in [0.29, 0.717) is 12.5 Å². The molecule has 0 unspecified atom stereocenters. The minimum Gasteiger partial charge on any atom is -0.337 e. The number of hydrogen-bond donors (Lipinski definition) is 2. The van der Waals surface area contributed by atoms with Crippen molar-refractivity contribution < 1.29 is 9.59 Å². The highest BCUT2D eigenvalue weighted by molar-refractivity contribution is 7.99. The first-order chi connectivity index (χ1) is 12.2. The first-order valence-corrected chi connectivity index (χ1v) is 10.2. The maximum Gasteiger partial charge on any atom is 0.321 e. The van der Waals surface area contributed by atoms with Gasteiger partial charge >= 0.3 is 6.03 Å². The van der Waals surface area contributed by atoms with Crippen LogP contribution in [0.1, 0.15) is 36.4 Å². The number of nitrogens with one attached hydrogen (secondary N) is 2. The van der Waals surface area contributed by atoms with Gasteiger partial charge in [0, 0.05) is 23.9 Å². The summed E-state index contributed by atoms with van der Waals surface area (Å²) in [5.41, 5.74) is 0. The van der Waals surface area contributed by atoms with Gasteiger partial charge in [-0.25, -0.2) is 4.79 Å². The van der Waals surface area contributed by atoms with Gasteiger partial charge in [0.1, 0.15) is 5.82 Å². The predicted molar refractivity (Wildman–Crippen MR) is 98.0 cm³/mol. The molecular formula is C16H21N5O2S2. The number of hydrogen-bond acceptors (Lipinski definition) is 6. The zero-order valence-electron chi connectivity index (χ0n) is 14.0. The van der Waals surface area contributed by atoms with Crippen molar-refractivity contribution in [3.8, 4) is 0 Å². The molecule has 2 N–H and O–H groups in total. The second-order valence-corrected chi connectivity index (χ2v) is 7.76. The van der Waals surface area contributed by atoms with Crippen LogP contribution in [0.4, 0.5) is 4.79 Å². The van der Waals surface area contributed by atoms with E-state index < -0.39 is 6.03 Å². The van der Waals surface area contributed by atoms with Crippen LogP contribution in [0, 0.1) is 0 Å². The number of aromatic nitrogens is 3. The summed E-state index contributed by atoms with van der Waals surface area (Å²) in [6.45, 7) is 3.33. The van der Waals surface area contributed by atoms with E-state index in [-0.39, 0.29) is 11.7 Å². The van der Waals surface area contributed by atoms with E-state index in [0.717, 1.165) is 36.8 Å². The first-order valence-electron chi connectivity index (χ1n) is 8.33. The smallest absolute Gasteiger partial charge is 0.321 e. The van der Waals surface area contributed by atoms with Crippen molar-refractivity contribution in [2.75, 3.05) is 12.3 Å². The van der Waals surface area contributed by atoms with Crippen LogP contribution in [0.25, 0.3) is 0 Å². The number of nitrogens with zero attached hydrogens (tertiary/aromatic N) is 3. The monoisotopic (exact) mass is 379 g/mol. The highest BCUT2D eigenvalue weighted by Crippen LogP contribution is 2.39. The molecule has 1 aliphatic rings. The van der Waals surface area contributed by atoms with Crippen LogP contribution < -0.4 is 10.6 Å². The molecule has 3 amide bonds. The Labute approximate surface area is 154 Å². The molecule has 0 bridgehead atoms. The van der Waals surface area contributed by atoms with Gasteiger partial charge in [-0.2, -0.15) is 0 Å². The van der Waals surface area contributed by atoms with Crippen molar-refractivity contribution in [1.29, 1.82) is 0 Å². The van der Waals surface area contributed by atoms with Crippen molar-refractivity contribution in [2.45, 2.75) is 43.8 Å². The van der Waals surface area contributed by atoms with Gasteiger partial charge in [0.25, 0.3) is 0 Å². The molecule has 0 spiro atoms. The molecule has 0 radical (unpaired) electrons. The van der Waals surface area contributed by atoms with E-state index in [1.54, 1.807) is 11.3 Å². The van der Waals surface area contributed by atoms with E-state index in [2.05, 4.69) is 25.4 Å². The molecule has 2 heterocycles. The lowest BCUT2D eigenvalue weighted by Crippen LogP contribution is -2.41. The quantitative estimate of drug-likeness (QED) is 0.688. The van der Waals surface area contributed by atoms with E-state index >= 15 is 0 Å². The van der Waals surface area contributed by atoms with Crippen molar-refractivity contribution in [3.05, 3.63) is 28.2 Å². The fourth-order valence-corrected chi connectivity index (χ4v) is 3.96. The third kappa shape index (κ3) is 5.05. The summed E-state index contributed by atoms with van der Waals surface area (Å²) >= 11 is 2.96. The van der Waals surface area contributed by atoms with E-state index in [4.69, 9.17) is 0 Å². The Bertz CT molecular complexity index is 725. The Morgan fingerprint density at radius 2 is 2.24 bits per heavy atom. The molecule has 0 atom stereocenters. The van der Waals surface area contributed by atoms with Gasteiger partial charge in [0.05, 0.1) is 5.75 Å². The highest BCUT2D eigenvalue weighted by atomic mass is 32.2. The largest absolute Gasteiger partial charge is 0.337 e. The molecule has 1 aliphatic carbocycles. The summed E-state index contributed by atoms with van der Waals surface area (Å²) in [6.07, 6.45) is 3.08. The lowest BCUT2D eigenvalue weighted by Gasteiger charge is -2.07. The van der Waals surface area contributed by atoms with E-state index in [9.17, 15) is 9.59 Å². The lowest BCUT2D eigenvalue weighted by atomic mass is 10.3. The van der Waals surface area contributed by atoms with Gasteiger partial charge in [-0.05, 0) is 37.6 Å². The first kappa shape index (κ1) is 17.9. The second-order valence-electron chi connectivity index (χ2n) is 5.78. The number of carbonyl (C=O) groups excluding carboxylic acids is 2. The van der Waals surface area contributed by atoms with Crippen molar-refractivity contribution in [1.82, 2.24) is 25.4 Å². The van der Waals surface area contributed by atoms with Crippen molar-refractivity contribution in [2.24, 2.45) is 0 Å². The summed E-state index contributed by atoms with van der Waals surface area (Å²) in [6, 6.07) is 3.54. The van der Waals surface area contributed by atoms with Crippen molar-refractivity contribution >= 4 is 35.0 Å². The number of imide groups is 1. The Kier molecular flexibility index (Phi) is 6.09. The number of urea groups is 1. The maximum absolute atomic E-state index is 11.9. The number of carbonyl (C=O) groups is 2. The molecule has 2 aromatic rings. The normalized spacial score (nSPS) is 13.6. The average molecular weight is 380 g/mol. The zero-order chi connectivity index (χ0) is 17.6. The number of amides is 3. The van der Waals surface area contributed by atoms with Crippen LogP contribution >= 0.6 is 23.1 Å². The molecule has 0 saturated heterocycles. The van der Waals surface area contributed by atoms with Gasteiger partial charge < -0.3 is 9.88 Å². The third-order valence-electron chi connectivity index (χ3n) is 3.83.